The number of hydrogen-bond acceptors (Lipinski definition) is 4. The fourth-order valence-electron chi connectivity index (χ4n) is 2.17. The van der Waals surface area contributed by atoms with Gasteiger partial charge in [-0.3, -0.25) is 4.68 Å². The van der Waals surface area contributed by atoms with Gasteiger partial charge in [0.1, 0.15) is 17.3 Å². The lowest BCUT2D eigenvalue weighted by Gasteiger charge is -2.03. The lowest BCUT2D eigenvalue weighted by atomic mass is 10.1. The zero-order valence-corrected chi connectivity index (χ0v) is 12.7. The lowest BCUT2D eigenvalue weighted by Crippen LogP contribution is -1.95. The Kier molecular flexibility index (Phi) is 3.00. The van der Waals surface area contributed by atoms with Crippen molar-refractivity contribution >= 4 is 45.0 Å². The van der Waals surface area contributed by atoms with Gasteiger partial charge in [-0.05, 0) is 34.7 Å². The molecular weight excluding hydrogens is 372 g/mol. The fraction of sp³-hybridized carbons (Fsp3) is 0.0769. The van der Waals surface area contributed by atoms with Gasteiger partial charge in [0, 0.05) is 18.8 Å². The minimum Gasteiger partial charge on any atom is -0.396 e. The first-order chi connectivity index (χ1) is 9.49. The second kappa shape index (κ2) is 4.58. The van der Waals surface area contributed by atoms with E-state index in [1.165, 1.54) is 12.1 Å². The number of nitrogens with two attached hydrogens (primary N) is 2. The van der Waals surface area contributed by atoms with Crippen LogP contribution in [0.5, 0.6) is 0 Å². The maximum absolute atomic E-state index is 13.6. The second-order valence-electron chi connectivity index (χ2n) is 4.42. The van der Waals surface area contributed by atoms with Gasteiger partial charge in [-0.2, -0.15) is 5.10 Å². The number of pyridine rings is 1. The van der Waals surface area contributed by atoms with Gasteiger partial charge in [0.2, 0.25) is 0 Å². The number of aryl methyl sites for hydroxylation is 1. The van der Waals surface area contributed by atoms with Gasteiger partial charge in [-0.15, -0.1) is 0 Å². The quantitative estimate of drug-likeness (QED) is 0.500. The van der Waals surface area contributed by atoms with Crippen LogP contribution in [0.4, 0.5) is 15.9 Å². The average Bonchev–Trinajstić information content (AvgIpc) is 2.76. The molecule has 3 rings (SSSR count). The van der Waals surface area contributed by atoms with Crippen LogP contribution in [-0.4, -0.2) is 14.8 Å². The highest BCUT2D eigenvalue weighted by molar-refractivity contribution is 14.1. The summed E-state index contributed by atoms with van der Waals surface area (Å²) in [4.78, 5) is 4.14. The summed E-state index contributed by atoms with van der Waals surface area (Å²) in [6.45, 7) is 0. The summed E-state index contributed by atoms with van der Waals surface area (Å²) in [5.74, 6) is -0.0980. The van der Waals surface area contributed by atoms with Crippen molar-refractivity contribution in [2.45, 2.75) is 0 Å². The number of halogens is 2. The van der Waals surface area contributed by atoms with Gasteiger partial charge in [0.15, 0.2) is 0 Å². The Labute approximate surface area is 127 Å². The van der Waals surface area contributed by atoms with Crippen molar-refractivity contribution in [3.8, 4) is 11.3 Å². The van der Waals surface area contributed by atoms with Gasteiger partial charge in [0.25, 0.3) is 0 Å². The van der Waals surface area contributed by atoms with Crippen LogP contribution in [0.1, 0.15) is 0 Å². The van der Waals surface area contributed by atoms with E-state index >= 15 is 0 Å². The third kappa shape index (κ3) is 1.89. The maximum Gasteiger partial charge on any atom is 0.146 e. The molecule has 0 aliphatic heterocycles. The molecule has 0 spiro atoms. The number of nitrogens with zero attached hydrogens (tertiary/aromatic N) is 3. The largest absolute Gasteiger partial charge is 0.396 e. The fourth-order valence-corrected chi connectivity index (χ4v) is 2.93. The third-order valence-electron chi connectivity index (χ3n) is 3.12. The summed E-state index contributed by atoms with van der Waals surface area (Å²) in [6.07, 6.45) is 1.69. The molecule has 0 atom stereocenters. The van der Waals surface area contributed by atoms with Crippen LogP contribution < -0.4 is 11.5 Å². The van der Waals surface area contributed by atoms with E-state index in [0.29, 0.717) is 17.1 Å². The van der Waals surface area contributed by atoms with E-state index in [0.717, 1.165) is 14.5 Å². The molecule has 7 heteroatoms. The zero-order valence-electron chi connectivity index (χ0n) is 10.6. The van der Waals surface area contributed by atoms with Crippen LogP contribution in [0.15, 0.2) is 24.4 Å². The molecule has 0 radical (unpaired) electrons. The van der Waals surface area contributed by atoms with Crippen molar-refractivity contribution in [1.82, 2.24) is 14.8 Å². The molecular formula is C13H11FIN5. The summed E-state index contributed by atoms with van der Waals surface area (Å²) in [7, 11) is 1.82. The van der Waals surface area contributed by atoms with Crippen molar-refractivity contribution in [3.63, 3.8) is 0 Å². The molecule has 0 saturated heterocycles. The topological polar surface area (TPSA) is 82.8 Å². The SMILES string of the molecule is Cn1nc(-c2ccc(N)c(F)c2)c2c(N)ncc(I)c21. The summed E-state index contributed by atoms with van der Waals surface area (Å²) in [5, 5.41) is 5.16. The molecule has 0 saturated carbocycles. The van der Waals surface area contributed by atoms with Gasteiger partial charge >= 0.3 is 0 Å². The molecule has 0 amide bonds. The molecule has 2 heterocycles. The normalized spacial score (nSPS) is 11.2. The van der Waals surface area contributed by atoms with Gasteiger partial charge in [0.05, 0.1) is 20.2 Å². The Bertz CT molecular complexity index is 827. The van der Waals surface area contributed by atoms with Gasteiger partial charge in [-0.1, -0.05) is 6.07 Å². The molecule has 0 bridgehead atoms. The third-order valence-corrected chi connectivity index (χ3v) is 3.91. The zero-order chi connectivity index (χ0) is 14.4. The molecule has 0 unspecified atom stereocenters. The predicted molar refractivity (Wildman–Crippen MR) is 85.4 cm³/mol. The number of hydrogen-bond donors (Lipinski definition) is 2. The average molecular weight is 383 g/mol. The Balaban J connectivity index is 2.37. The first-order valence-corrected chi connectivity index (χ1v) is 6.89. The van der Waals surface area contributed by atoms with E-state index in [1.54, 1.807) is 16.9 Å². The lowest BCUT2D eigenvalue weighted by molar-refractivity contribution is 0.633. The van der Waals surface area contributed by atoms with Crippen molar-refractivity contribution in [2.24, 2.45) is 7.05 Å². The first kappa shape index (κ1) is 13.1. The minimum atomic E-state index is -0.474. The minimum absolute atomic E-state index is 0.106. The Morgan fingerprint density at radius 1 is 1.30 bits per heavy atom. The molecule has 0 fully saturated rings. The number of nitrogen functional groups attached to an aromatic ring is 2. The van der Waals surface area contributed by atoms with Gasteiger partial charge in [-0.25, -0.2) is 9.37 Å². The van der Waals surface area contributed by atoms with Crippen LogP contribution in [0.3, 0.4) is 0 Å². The molecule has 5 nitrogen and oxygen atoms in total. The molecule has 3 aromatic rings. The second-order valence-corrected chi connectivity index (χ2v) is 5.59. The van der Waals surface area contributed by atoms with Crippen molar-refractivity contribution in [3.05, 3.63) is 33.8 Å². The molecule has 0 aliphatic rings. The molecule has 1 aromatic carbocycles. The smallest absolute Gasteiger partial charge is 0.146 e. The van der Waals surface area contributed by atoms with Crippen LogP contribution in [0.2, 0.25) is 0 Å². The van der Waals surface area contributed by atoms with Crippen molar-refractivity contribution in [2.75, 3.05) is 11.5 Å². The van der Waals surface area contributed by atoms with E-state index in [2.05, 4.69) is 32.7 Å². The monoisotopic (exact) mass is 383 g/mol. The number of aromatic nitrogens is 3. The van der Waals surface area contributed by atoms with E-state index in [4.69, 9.17) is 11.5 Å². The summed E-state index contributed by atoms with van der Waals surface area (Å²) in [5.41, 5.74) is 13.7. The maximum atomic E-state index is 13.6. The molecule has 0 aliphatic carbocycles. The Morgan fingerprint density at radius 3 is 2.75 bits per heavy atom. The standard InChI is InChI=1S/C13H11FIN5/c1-20-12-8(15)5-18-13(17)10(12)11(19-20)6-2-3-9(16)7(14)4-6/h2-5H,16H2,1H3,(H2,17,18). The Morgan fingerprint density at radius 2 is 2.05 bits per heavy atom. The number of fused-ring (bicyclic) bond motifs is 1. The summed E-state index contributed by atoms with van der Waals surface area (Å²) >= 11 is 2.17. The van der Waals surface area contributed by atoms with Crippen LogP contribution in [0.25, 0.3) is 22.2 Å². The van der Waals surface area contributed by atoms with E-state index in [-0.39, 0.29) is 5.69 Å². The highest BCUT2D eigenvalue weighted by atomic mass is 127. The molecule has 20 heavy (non-hydrogen) atoms. The van der Waals surface area contributed by atoms with Crippen LogP contribution >= 0.6 is 22.6 Å². The van der Waals surface area contributed by atoms with E-state index in [9.17, 15) is 4.39 Å². The first-order valence-electron chi connectivity index (χ1n) is 5.81. The van der Waals surface area contributed by atoms with Crippen molar-refractivity contribution < 1.29 is 4.39 Å². The number of benzene rings is 1. The predicted octanol–water partition coefficient (Wildman–Crippen LogP) is 2.54. The van der Waals surface area contributed by atoms with Crippen LogP contribution in [0, 0.1) is 9.39 Å². The van der Waals surface area contributed by atoms with Crippen molar-refractivity contribution in [1.29, 1.82) is 0 Å². The highest BCUT2D eigenvalue weighted by Crippen LogP contribution is 2.33. The van der Waals surface area contributed by atoms with Gasteiger partial charge < -0.3 is 11.5 Å². The number of anilines is 2. The Hall–Kier alpha value is -1.90. The summed E-state index contributed by atoms with van der Waals surface area (Å²) < 4.78 is 16.3. The highest BCUT2D eigenvalue weighted by Gasteiger charge is 2.17. The van der Waals surface area contributed by atoms with Crippen LogP contribution in [-0.2, 0) is 7.05 Å². The number of rotatable bonds is 1. The van der Waals surface area contributed by atoms with E-state index < -0.39 is 5.82 Å². The van der Waals surface area contributed by atoms with E-state index in [1.807, 2.05) is 7.05 Å². The summed E-state index contributed by atoms with van der Waals surface area (Å²) in [6, 6.07) is 4.60. The molecule has 2 aromatic heterocycles. The molecule has 102 valence electrons. The molecule has 4 N–H and O–H groups in total.